The number of nitrogens with one attached hydrogen (secondary N) is 1. The van der Waals surface area contributed by atoms with Gasteiger partial charge in [0.15, 0.2) is 0 Å². The number of alkyl halides is 1. The molecule has 1 fully saturated rings. The van der Waals surface area contributed by atoms with Gasteiger partial charge in [-0.15, -0.1) is 11.6 Å². The third-order valence-electron chi connectivity index (χ3n) is 3.44. The summed E-state index contributed by atoms with van der Waals surface area (Å²) in [6.45, 7) is 2.69. The molecule has 1 aromatic heterocycles. The topological polar surface area (TPSA) is 46.9 Å². The summed E-state index contributed by atoms with van der Waals surface area (Å²) in [4.78, 5) is 16.0. The van der Waals surface area contributed by atoms with Crippen molar-refractivity contribution in [1.29, 1.82) is 0 Å². The molecule has 2 aromatic rings. The minimum Gasteiger partial charge on any atom is -0.354 e. The number of carbonyl (C=O) groups is 1. The van der Waals surface area contributed by atoms with Gasteiger partial charge in [-0.05, 0) is 18.6 Å². The lowest BCUT2D eigenvalue weighted by molar-refractivity contribution is -0.119. The van der Waals surface area contributed by atoms with Crippen LogP contribution in [0.25, 0.3) is 11.0 Å². The van der Waals surface area contributed by atoms with E-state index in [1.165, 1.54) is 0 Å². The smallest absolute Gasteiger partial charge is 0.222 e. The lowest BCUT2D eigenvalue weighted by atomic mass is 10.2. The van der Waals surface area contributed by atoms with Crippen molar-refractivity contribution in [3.63, 3.8) is 0 Å². The number of aromatic nitrogens is 2. The molecule has 94 valence electrons. The van der Waals surface area contributed by atoms with Crippen LogP contribution < -0.4 is 5.32 Å². The molecule has 0 spiro atoms. The maximum absolute atomic E-state index is 11.4. The van der Waals surface area contributed by atoms with Crippen molar-refractivity contribution in [2.45, 2.75) is 25.3 Å². The van der Waals surface area contributed by atoms with Crippen LogP contribution in [0.2, 0.25) is 0 Å². The lowest BCUT2D eigenvalue weighted by Crippen LogP contribution is -2.16. The second kappa shape index (κ2) is 4.28. The van der Waals surface area contributed by atoms with Crippen molar-refractivity contribution in [1.82, 2.24) is 14.9 Å². The highest BCUT2D eigenvalue weighted by Gasteiger charge is 2.26. The summed E-state index contributed by atoms with van der Waals surface area (Å²) in [5.41, 5.74) is 3.18. The Kier molecular flexibility index (Phi) is 2.74. The molecule has 1 saturated heterocycles. The van der Waals surface area contributed by atoms with Gasteiger partial charge in [-0.2, -0.15) is 0 Å². The van der Waals surface area contributed by atoms with E-state index in [4.69, 9.17) is 11.6 Å². The van der Waals surface area contributed by atoms with Crippen LogP contribution in [0.15, 0.2) is 18.2 Å². The van der Waals surface area contributed by atoms with E-state index in [2.05, 4.69) is 14.9 Å². The number of hydrogen-bond donors (Lipinski definition) is 1. The predicted molar refractivity (Wildman–Crippen MR) is 70.7 cm³/mol. The van der Waals surface area contributed by atoms with E-state index in [9.17, 15) is 4.79 Å². The Bertz CT molecular complexity index is 620. The minimum atomic E-state index is 0.0926. The fraction of sp³-hybridized carbons (Fsp3) is 0.385. The molecule has 1 N–H and O–H groups in total. The van der Waals surface area contributed by atoms with Gasteiger partial charge in [-0.25, -0.2) is 4.98 Å². The molecule has 18 heavy (non-hydrogen) atoms. The van der Waals surface area contributed by atoms with E-state index >= 15 is 0 Å². The first kappa shape index (κ1) is 11.5. The summed E-state index contributed by atoms with van der Waals surface area (Å²) in [5, 5.41) is 2.86. The fourth-order valence-corrected chi connectivity index (χ4v) is 2.77. The maximum Gasteiger partial charge on any atom is 0.222 e. The van der Waals surface area contributed by atoms with Crippen LogP contribution in [0.4, 0.5) is 0 Å². The van der Waals surface area contributed by atoms with Gasteiger partial charge in [0.05, 0.1) is 23.0 Å². The molecule has 1 unspecified atom stereocenters. The van der Waals surface area contributed by atoms with Crippen LogP contribution in [0, 0.1) is 6.92 Å². The first-order valence-corrected chi connectivity index (χ1v) is 6.53. The van der Waals surface area contributed by atoms with Gasteiger partial charge in [0.2, 0.25) is 5.91 Å². The zero-order chi connectivity index (χ0) is 12.7. The highest BCUT2D eigenvalue weighted by molar-refractivity contribution is 6.16. The van der Waals surface area contributed by atoms with Gasteiger partial charge >= 0.3 is 0 Å². The number of nitrogens with zero attached hydrogens (tertiary/aromatic N) is 2. The third kappa shape index (κ3) is 1.68. The highest BCUT2D eigenvalue weighted by Crippen LogP contribution is 2.27. The number of hydrogen-bond acceptors (Lipinski definition) is 2. The van der Waals surface area contributed by atoms with Crippen molar-refractivity contribution < 1.29 is 4.79 Å². The molecular weight excluding hydrogens is 250 g/mol. The second-order valence-electron chi connectivity index (χ2n) is 4.64. The van der Waals surface area contributed by atoms with Crippen molar-refractivity contribution in [3.05, 3.63) is 29.6 Å². The Balaban J connectivity index is 2.20. The Morgan fingerprint density at radius 2 is 2.39 bits per heavy atom. The second-order valence-corrected chi connectivity index (χ2v) is 4.90. The summed E-state index contributed by atoms with van der Waals surface area (Å²) < 4.78 is 2.10. The first-order valence-electron chi connectivity index (χ1n) is 6.00. The van der Waals surface area contributed by atoms with Crippen LogP contribution in [-0.4, -0.2) is 22.0 Å². The molecular formula is C13H14ClN3O. The van der Waals surface area contributed by atoms with E-state index in [0.29, 0.717) is 18.8 Å². The number of imidazole rings is 1. The van der Waals surface area contributed by atoms with E-state index in [1.807, 2.05) is 25.1 Å². The zero-order valence-corrected chi connectivity index (χ0v) is 10.9. The average molecular weight is 264 g/mol. The molecule has 3 rings (SSSR count). The Morgan fingerprint density at radius 3 is 3.06 bits per heavy atom. The third-order valence-corrected chi connectivity index (χ3v) is 3.67. The van der Waals surface area contributed by atoms with Crippen LogP contribution in [0.5, 0.6) is 0 Å². The van der Waals surface area contributed by atoms with Crippen molar-refractivity contribution >= 4 is 28.5 Å². The zero-order valence-electron chi connectivity index (χ0n) is 10.1. The summed E-state index contributed by atoms with van der Waals surface area (Å²) in [7, 11) is 0. The van der Waals surface area contributed by atoms with E-state index in [0.717, 1.165) is 22.4 Å². The fourth-order valence-electron chi connectivity index (χ4n) is 2.58. The number of para-hydroxylation sites is 1. The summed E-state index contributed by atoms with van der Waals surface area (Å²) in [6, 6.07) is 6.21. The molecule has 1 aliphatic heterocycles. The number of benzene rings is 1. The number of amides is 1. The van der Waals surface area contributed by atoms with E-state index in [-0.39, 0.29) is 11.9 Å². The van der Waals surface area contributed by atoms with Gasteiger partial charge in [-0.3, -0.25) is 4.79 Å². The number of rotatable bonds is 2. The maximum atomic E-state index is 11.4. The molecule has 1 amide bonds. The van der Waals surface area contributed by atoms with Crippen LogP contribution in [0.1, 0.15) is 23.9 Å². The molecule has 1 aliphatic rings. The number of carbonyl (C=O) groups excluding carboxylic acids is 1. The van der Waals surface area contributed by atoms with Gasteiger partial charge < -0.3 is 9.88 Å². The molecule has 0 saturated carbocycles. The predicted octanol–water partition coefficient (Wildman–Crippen LogP) is 2.14. The van der Waals surface area contributed by atoms with Gasteiger partial charge in [-0.1, -0.05) is 12.1 Å². The van der Waals surface area contributed by atoms with E-state index < -0.39 is 0 Å². The minimum absolute atomic E-state index is 0.0926. The average Bonchev–Trinajstić information content (AvgIpc) is 2.93. The summed E-state index contributed by atoms with van der Waals surface area (Å²) in [5.74, 6) is 1.29. The van der Waals surface area contributed by atoms with Gasteiger partial charge in [0.1, 0.15) is 5.82 Å². The van der Waals surface area contributed by atoms with Gasteiger partial charge in [0, 0.05) is 13.0 Å². The monoisotopic (exact) mass is 263 g/mol. The van der Waals surface area contributed by atoms with E-state index in [1.54, 1.807) is 0 Å². The largest absolute Gasteiger partial charge is 0.354 e. The molecule has 0 aliphatic carbocycles. The molecule has 1 aromatic carbocycles. The summed E-state index contributed by atoms with van der Waals surface area (Å²) >= 11 is 5.98. The molecule has 5 heteroatoms. The Labute approximate surface area is 110 Å². The lowest BCUT2D eigenvalue weighted by Gasteiger charge is -2.13. The van der Waals surface area contributed by atoms with Crippen LogP contribution >= 0.6 is 11.6 Å². The molecule has 4 nitrogen and oxygen atoms in total. The quantitative estimate of drug-likeness (QED) is 0.844. The Hall–Kier alpha value is -1.55. The SMILES string of the molecule is Cc1cccc2c1nc(CCl)n2C1CNC(=O)C1. The highest BCUT2D eigenvalue weighted by atomic mass is 35.5. The van der Waals surface area contributed by atoms with Gasteiger partial charge in [0.25, 0.3) is 0 Å². The van der Waals surface area contributed by atoms with Crippen molar-refractivity contribution in [2.75, 3.05) is 6.54 Å². The molecule has 0 bridgehead atoms. The summed E-state index contributed by atoms with van der Waals surface area (Å²) in [6.07, 6.45) is 0.503. The first-order chi connectivity index (χ1) is 8.70. The molecule has 0 radical (unpaired) electrons. The standard InChI is InChI=1S/C13H14ClN3O/c1-8-3-2-4-10-13(8)16-11(6-14)17(10)9-5-12(18)15-7-9/h2-4,9H,5-7H2,1H3,(H,15,18). The Morgan fingerprint density at radius 1 is 1.56 bits per heavy atom. The number of fused-ring (bicyclic) bond motifs is 1. The molecule has 1 atom stereocenters. The van der Waals surface area contributed by atoms with Crippen LogP contribution in [0.3, 0.4) is 0 Å². The van der Waals surface area contributed by atoms with Crippen molar-refractivity contribution in [2.24, 2.45) is 0 Å². The van der Waals surface area contributed by atoms with Crippen LogP contribution in [-0.2, 0) is 10.7 Å². The normalized spacial score (nSPS) is 19.4. The molecule has 2 heterocycles. The number of aryl methyl sites for hydroxylation is 1. The van der Waals surface area contributed by atoms with Crippen molar-refractivity contribution in [3.8, 4) is 0 Å². The number of halogens is 1.